The highest BCUT2D eigenvalue weighted by Crippen LogP contribution is 2.16. The first-order valence-electron chi connectivity index (χ1n) is 8.00. The topological polar surface area (TPSA) is 41.1 Å². The molecule has 2 N–H and O–H groups in total. The second-order valence-electron chi connectivity index (χ2n) is 5.68. The van der Waals surface area contributed by atoms with E-state index in [9.17, 15) is 4.79 Å². The number of amides is 1. The van der Waals surface area contributed by atoms with Gasteiger partial charge in [-0.25, -0.2) is 0 Å². The Labute approximate surface area is 123 Å². The van der Waals surface area contributed by atoms with Crippen LogP contribution in [-0.2, 0) is 4.79 Å². The summed E-state index contributed by atoms with van der Waals surface area (Å²) in [4.78, 5) is 12.0. The Kier molecular flexibility index (Phi) is 9.05. The second kappa shape index (κ2) is 10.7. The van der Waals surface area contributed by atoms with Crippen LogP contribution in [0.3, 0.4) is 0 Å². The van der Waals surface area contributed by atoms with Gasteiger partial charge in [-0.2, -0.15) is 0 Å². The van der Waals surface area contributed by atoms with E-state index in [1.165, 1.54) is 38.5 Å². The fraction of sp³-hybridized carbons (Fsp3) is 0.706. The van der Waals surface area contributed by atoms with Crippen LogP contribution in [0, 0.1) is 5.92 Å². The molecule has 0 atom stereocenters. The van der Waals surface area contributed by atoms with Crippen LogP contribution in [-0.4, -0.2) is 25.0 Å². The fourth-order valence-electron chi connectivity index (χ4n) is 2.80. The Morgan fingerprint density at radius 3 is 2.20 bits per heavy atom. The van der Waals surface area contributed by atoms with Gasteiger partial charge in [0.25, 0.3) is 0 Å². The van der Waals surface area contributed by atoms with Gasteiger partial charge in [0, 0.05) is 25.0 Å². The fourth-order valence-corrected chi connectivity index (χ4v) is 2.80. The predicted molar refractivity (Wildman–Crippen MR) is 85.6 cm³/mol. The molecule has 1 amide bonds. The number of rotatable bonds is 9. The van der Waals surface area contributed by atoms with Crippen LogP contribution in [0.5, 0.6) is 0 Å². The molecule has 1 saturated carbocycles. The van der Waals surface area contributed by atoms with Crippen molar-refractivity contribution in [3.8, 4) is 0 Å². The third-order valence-electron chi connectivity index (χ3n) is 3.99. The van der Waals surface area contributed by atoms with Crippen molar-refractivity contribution in [3.05, 3.63) is 25.3 Å². The number of allylic oxidation sites excluding steroid dienone is 2. The van der Waals surface area contributed by atoms with E-state index in [4.69, 9.17) is 0 Å². The monoisotopic (exact) mass is 278 g/mol. The Bertz CT molecular complexity index is 283. The van der Waals surface area contributed by atoms with E-state index < -0.39 is 0 Å². The molecule has 3 nitrogen and oxygen atoms in total. The lowest BCUT2D eigenvalue weighted by molar-refractivity contribution is -0.124. The standard InChI is InChI=1S/C17H30N2O/c1-3-9-15(10-4-2)17(20)19-14-13-18-16-11-7-5-6-8-12-16/h3-4,15-16,18H,1-2,5-14H2,(H,19,20). The minimum atomic E-state index is -0.0112. The second-order valence-corrected chi connectivity index (χ2v) is 5.68. The SMILES string of the molecule is C=CCC(CC=C)C(=O)NCCNC1CCCCCC1. The normalized spacial score (nSPS) is 16.6. The maximum absolute atomic E-state index is 12.0. The van der Waals surface area contributed by atoms with Crippen LogP contribution in [0.15, 0.2) is 25.3 Å². The van der Waals surface area contributed by atoms with Gasteiger partial charge in [0.1, 0.15) is 0 Å². The molecule has 0 spiro atoms. The zero-order valence-electron chi connectivity index (χ0n) is 12.7. The van der Waals surface area contributed by atoms with Gasteiger partial charge in [0.05, 0.1) is 0 Å². The molecule has 0 aliphatic heterocycles. The zero-order valence-corrected chi connectivity index (χ0v) is 12.7. The predicted octanol–water partition coefficient (Wildman–Crippen LogP) is 3.18. The maximum Gasteiger partial charge on any atom is 0.223 e. The van der Waals surface area contributed by atoms with Crippen LogP contribution in [0.4, 0.5) is 0 Å². The van der Waals surface area contributed by atoms with Crippen molar-refractivity contribution in [2.45, 2.75) is 57.4 Å². The van der Waals surface area contributed by atoms with E-state index in [0.29, 0.717) is 25.4 Å². The molecule has 0 aromatic carbocycles. The third kappa shape index (κ3) is 6.90. The van der Waals surface area contributed by atoms with Gasteiger partial charge in [0.15, 0.2) is 0 Å². The number of hydrogen-bond donors (Lipinski definition) is 2. The summed E-state index contributed by atoms with van der Waals surface area (Å²) in [5.41, 5.74) is 0. The molecule has 1 aliphatic carbocycles. The van der Waals surface area contributed by atoms with Gasteiger partial charge < -0.3 is 10.6 Å². The highest BCUT2D eigenvalue weighted by molar-refractivity contribution is 5.78. The van der Waals surface area contributed by atoms with Crippen LogP contribution in [0.1, 0.15) is 51.4 Å². The van der Waals surface area contributed by atoms with E-state index >= 15 is 0 Å². The van der Waals surface area contributed by atoms with E-state index in [2.05, 4.69) is 23.8 Å². The molecule has 0 heterocycles. The van der Waals surface area contributed by atoms with Gasteiger partial charge >= 0.3 is 0 Å². The van der Waals surface area contributed by atoms with Crippen LogP contribution in [0.25, 0.3) is 0 Å². The summed E-state index contributed by atoms with van der Waals surface area (Å²) in [6, 6.07) is 0.645. The highest BCUT2D eigenvalue weighted by atomic mass is 16.1. The summed E-state index contributed by atoms with van der Waals surface area (Å²) in [5, 5.41) is 6.58. The lowest BCUT2D eigenvalue weighted by atomic mass is 10.0. The van der Waals surface area contributed by atoms with Crippen molar-refractivity contribution in [1.29, 1.82) is 0 Å². The lowest BCUT2D eigenvalue weighted by Gasteiger charge is -2.17. The van der Waals surface area contributed by atoms with Crippen LogP contribution in [0.2, 0.25) is 0 Å². The molecule has 0 saturated heterocycles. The van der Waals surface area contributed by atoms with Gasteiger partial charge in [-0.05, 0) is 25.7 Å². The molecular formula is C17H30N2O. The zero-order chi connectivity index (χ0) is 14.6. The van der Waals surface area contributed by atoms with Gasteiger partial charge in [-0.15, -0.1) is 13.2 Å². The first kappa shape index (κ1) is 17.0. The van der Waals surface area contributed by atoms with Crippen molar-refractivity contribution >= 4 is 5.91 Å². The minimum absolute atomic E-state index is 0.0112. The van der Waals surface area contributed by atoms with Crippen molar-refractivity contribution in [3.63, 3.8) is 0 Å². The summed E-state index contributed by atoms with van der Waals surface area (Å²) in [6.07, 6.45) is 13.0. The highest BCUT2D eigenvalue weighted by Gasteiger charge is 2.15. The molecule has 0 aromatic rings. The largest absolute Gasteiger partial charge is 0.355 e. The van der Waals surface area contributed by atoms with E-state index in [1.807, 2.05) is 0 Å². The molecule has 1 fully saturated rings. The Morgan fingerprint density at radius 1 is 1.05 bits per heavy atom. The number of hydrogen-bond acceptors (Lipinski definition) is 2. The average molecular weight is 278 g/mol. The van der Waals surface area contributed by atoms with Crippen molar-refractivity contribution in [2.75, 3.05) is 13.1 Å². The van der Waals surface area contributed by atoms with Gasteiger partial charge in [-0.1, -0.05) is 37.8 Å². The molecule has 1 aliphatic rings. The molecule has 0 bridgehead atoms. The van der Waals surface area contributed by atoms with Gasteiger partial charge in [-0.3, -0.25) is 4.79 Å². The van der Waals surface area contributed by atoms with Crippen LogP contribution >= 0.6 is 0 Å². The summed E-state index contributed by atoms with van der Waals surface area (Å²) < 4.78 is 0. The Balaban J connectivity index is 2.16. The molecule has 1 rings (SSSR count). The van der Waals surface area contributed by atoms with Crippen LogP contribution < -0.4 is 10.6 Å². The van der Waals surface area contributed by atoms with Crippen molar-refractivity contribution in [1.82, 2.24) is 10.6 Å². The lowest BCUT2D eigenvalue weighted by Crippen LogP contribution is -2.38. The average Bonchev–Trinajstić information content (AvgIpc) is 2.72. The summed E-state index contributed by atoms with van der Waals surface area (Å²) in [6.45, 7) is 8.98. The molecule has 114 valence electrons. The molecule has 0 aromatic heterocycles. The van der Waals surface area contributed by atoms with Gasteiger partial charge in [0.2, 0.25) is 5.91 Å². The maximum atomic E-state index is 12.0. The van der Waals surface area contributed by atoms with E-state index in [0.717, 1.165) is 6.54 Å². The smallest absolute Gasteiger partial charge is 0.223 e. The minimum Gasteiger partial charge on any atom is -0.355 e. The molecule has 0 radical (unpaired) electrons. The molecule has 3 heteroatoms. The third-order valence-corrected chi connectivity index (χ3v) is 3.99. The number of carbonyl (C=O) groups excluding carboxylic acids is 1. The van der Waals surface area contributed by atoms with E-state index in [-0.39, 0.29) is 11.8 Å². The first-order chi connectivity index (χ1) is 9.77. The van der Waals surface area contributed by atoms with E-state index in [1.54, 1.807) is 12.2 Å². The number of carbonyl (C=O) groups is 1. The quantitative estimate of drug-likeness (QED) is 0.386. The number of nitrogens with one attached hydrogen (secondary N) is 2. The van der Waals surface area contributed by atoms with Crippen molar-refractivity contribution < 1.29 is 4.79 Å². The van der Waals surface area contributed by atoms with Crippen molar-refractivity contribution in [2.24, 2.45) is 5.92 Å². The Morgan fingerprint density at radius 2 is 1.65 bits per heavy atom. The first-order valence-corrected chi connectivity index (χ1v) is 8.00. The molecule has 20 heavy (non-hydrogen) atoms. The summed E-state index contributed by atoms with van der Waals surface area (Å²) in [5.74, 6) is 0.107. The Hall–Kier alpha value is -1.09. The molecule has 0 unspecified atom stereocenters. The summed E-state index contributed by atoms with van der Waals surface area (Å²) in [7, 11) is 0. The molecular weight excluding hydrogens is 248 g/mol. The summed E-state index contributed by atoms with van der Waals surface area (Å²) >= 11 is 0.